The van der Waals surface area contributed by atoms with Gasteiger partial charge in [-0.05, 0) is 24.1 Å². The van der Waals surface area contributed by atoms with Crippen LogP contribution in [0.5, 0.6) is 0 Å². The number of aryl methyl sites for hydroxylation is 1. The van der Waals surface area contributed by atoms with E-state index in [1.165, 1.54) is 0 Å². The highest BCUT2D eigenvalue weighted by atomic mass is 79.9. The van der Waals surface area contributed by atoms with Gasteiger partial charge in [0.1, 0.15) is 0 Å². The Morgan fingerprint density at radius 3 is 2.62 bits per heavy atom. The van der Waals surface area contributed by atoms with Crippen LogP contribution in [0.3, 0.4) is 0 Å². The fourth-order valence-electron chi connectivity index (χ4n) is 1.12. The lowest BCUT2D eigenvalue weighted by atomic mass is 10.2. The van der Waals surface area contributed by atoms with Gasteiger partial charge in [0.2, 0.25) is 10.0 Å². The Labute approximate surface area is 105 Å². The van der Waals surface area contributed by atoms with Gasteiger partial charge in [-0.15, -0.1) is 0 Å². The average molecular weight is 307 g/mol. The van der Waals surface area contributed by atoms with E-state index in [9.17, 15) is 8.42 Å². The smallest absolute Gasteiger partial charge is 0.211 e. The van der Waals surface area contributed by atoms with Crippen molar-refractivity contribution < 1.29 is 8.42 Å². The summed E-state index contributed by atoms with van der Waals surface area (Å²) >= 11 is 3.29. The van der Waals surface area contributed by atoms with Gasteiger partial charge >= 0.3 is 0 Å². The number of aromatic nitrogens is 1. The summed E-state index contributed by atoms with van der Waals surface area (Å²) in [6.07, 6.45) is 3.83. The maximum Gasteiger partial charge on any atom is 0.211 e. The number of hydrogen-bond donors (Lipinski definition) is 1. The van der Waals surface area contributed by atoms with Crippen molar-refractivity contribution in [1.82, 2.24) is 9.71 Å². The van der Waals surface area contributed by atoms with Crippen LogP contribution in [0.25, 0.3) is 0 Å². The molecule has 0 amide bonds. The first kappa shape index (κ1) is 13.6. The molecule has 0 aliphatic rings. The van der Waals surface area contributed by atoms with Gasteiger partial charge < -0.3 is 0 Å². The Balaban J connectivity index is 2.42. The van der Waals surface area contributed by atoms with Crippen molar-refractivity contribution >= 4 is 26.0 Å². The van der Waals surface area contributed by atoms with E-state index in [4.69, 9.17) is 0 Å². The largest absolute Gasteiger partial charge is 0.265 e. The van der Waals surface area contributed by atoms with Crippen LogP contribution in [0.4, 0.5) is 0 Å². The molecule has 0 aliphatic carbocycles. The predicted octanol–water partition coefficient (Wildman–Crippen LogP) is 1.33. The number of sulfonamides is 1. The summed E-state index contributed by atoms with van der Waals surface area (Å²) < 4.78 is 25.7. The first-order valence-electron chi connectivity index (χ1n) is 5.00. The molecule has 0 saturated heterocycles. The summed E-state index contributed by atoms with van der Waals surface area (Å²) in [6, 6.07) is 3.64. The van der Waals surface area contributed by atoms with Crippen LogP contribution < -0.4 is 4.72 Å². The third-order valence-electron chi connectivity index (χ3n) is 1.99. The molecule has 1 aromatic heterocycles. The van der Waals surface area contributed by atoms with Crippen LogP contribution in [-0.2, 0) is 16.4 Å². The van der Waals surface area contributed by atoms with Gasteiger partial charge in [-0.25, -0.2) is 13.1 Å². The molecule has 1 aromatic rings. The minimum absolute atomic E-state index is 0.108. The van der Waals surface area contributed by atoms with Gasteiger partial charge in [0.15, 0.2) is 0 Å². The van der Waals surface area contributed by atoms with Crippen molar-refractivity contribution in [3.8, 4) is 0 Å². The van der Waals surface area contributed by atoms with E-state index in [0.717, 1.165) is 5.56 Å². The van der Waals surface area contributed by atoms with E-state index in [-0.39, 0.29) is 10.6 Å². The first-order chi connectivity index (χ1) is 7.49. The molecule has 90 valence electrons. The highest BCUT2D eigenvalue weighted by Crippen LogP contribution is 2.01. The van der Waals surface area contributed by atoms with Crippen molar-refractivity contribution in [2.45, 2.75) is 18.2 Å². The number of alkyl halides is 1. The zero-order chi connectivity index (χ0) is 12.0. The van der Waals surface area contributed by atoms with Gasteiger partial charge in [0, 0.05) is 23.8 Å². The Kier molecular flexibility index (Phi) is 5.37. The van der Waals surface area contributed by atoms with E-state index in [0.29, 0.717) is 13.0 Å². The minimum Gasteiger partial charge on any atom is -0.265 e. The summed E-state index contributed by atoms with van der Waals surface area (Å²) in [5.41, 5.74) is 0.979. The number of rotatable bonds is 6. The number of halogens is 1. The first-order valence-corrected chi connectivity index (χ1v) is 7.57. The predicted molar refractivity (Wildman–Crippen MR) is 68.1 cm³/mol. The molecule has 16 heavy (non-hydrogen) atoms. The number of hydrogen-bond acceptors (Lipinski definition) is 3. The molecule has 0 saturated carbocycles. The molecule has 0 radical (unpaired) electrons. The Morgan fingerprint density at radius 1 is 1.44 bits per heavy atom. The molecule has 0 aromatic carbocycles. The second kappa shape index (κ2) is 6.32. The molecule has 1 heterocycles. The zero-order valence-corrected chi connectivity index (χ0v) is 11.5. The summed E-state index contributed by atoms with van der Waals surface area (Å²) in [7, 11) is -3.18. The normalized spacial score (nSPS) is 13.6. The van der Waals surface area contributed by atoms with Gasteiger partial charge in [0.05, 0.1) is 5.75 Å². The van der Waals surface area contributed by atoms with Crippen LogP contribution in [-0.4, -0.2) is 30.5 Å². The lowest BCUT2D eigenvalue weighted by Gasteiger charge is -2.07. The lowest BCUT2D eigenvalue weighted by molar-refractivity contribution is 0.581. The van der Waals surface area contributed by atoms with Crippen molar-refractivity contribution in [2.75, 3.05) is 12.3 Å². The third-order valence-corrected chi connectivity index (χ3v) is 3.67. The fourth-order valence-corrected chi connectivity index (χ4v) is 2.64. The highest BCUT2D eigenvalue weighted by Gasteiger charge is 2.10. The number of nitrogens with one attached hydrogen (secondary N) is 1. The van der Waals surface area contributed by atoms with Crippen LogP contribution in [0.15, 0.2) is 24.5 Å². The Morgan fingerprint density at radius 2 is 2.06 bits per heavy atom. The van der Waals surface area contributed by atoms with Crippen molar-refractivity contribution in [3.63, 3.8) is 0 Å². The third kappa shape index (κ3) is 5.58. The molecular weight excluding hydrogens is 292 g/mol. The van der Waals surface area contributed by atoms with Gasteiger partial charge in [-0.3, -0.25) is 4.98 Å². The van der Waals surface area contributed by atoms with Gasteiger partial charge in [0.25, 0.3) is 0 Å². The van der Waals surface area contributed by atoms with Gasteiger partial charge in [-0.2, -0.15) is 0 Å². The maximum atomic E-state index is 11.6. The molecule has 1 N–H and O–H groups in total. The van der Waals surface area contributed by atoms with Crippen LogP contribution in [0.1, 0.15) is 12.5 Å². The molecule has 0 bridgehead atoms. The van der Waals surface area contributed by atoms with Crippen LogP contribution >= 0.6 is 15.9 Å². The highest BCUT2D eigenvalue weighted by molar-refractivity contribution is 9.09. The SMILES string of the molecule is CC(Br)CNS(=O)(=O)CCc1ccncc1. The molecule has 1 rings (SSSR count). The minimum atomic E-state index is -3.18. The van der Waals surface area contributed by atoms with E-state index in [2.05, 4.69) is 25.6 Å². The molecule has 4 nitrogen and oxygen atoms in total. The summed E-state index contributed by atoms with van der Waals surface area (Å²) in [4.78, 5) is 4.02. The second-order valence-corrected chi connectivity index (χ2v) is 7.04. The standard InChI is InChI=1S/C10H15BrN2O2S/c1-9(11)8-13-16(14,15)7-4-10-2-5-12-6-3-10/h2-3,5-6,9,13H,4,7-8H2,1H3. The van der Waals surface area contributed by atoms with Crippen molar-refractivity contribution in [3.05, 3.63) is 30.1 Å². The maximum absolute atomic E-state index is 11.6. The molecule has 0 aliphatic heterocycles. The molecule has 1 atom stereocenters. The molecule has 1 unspecified atom stereocenters. The van der Waals surface area contributed by atoms with Gasteiger partial charge in [-0.1, -0.05) is 22.9 Å². The van der Waals surface area contributed by atoms with E-state index in [1.54, 1.807) is 12.4 Å². The van der Waals surface area contributed by atoms with Crippen molar-refractivity contribution in [1.29, 1.82) is 0 Å². The number of nitrogens with zero attached hydrogens (tertiary/aromatic N) is 1. The molecular formula is C10H15BrN2O2S. The summed E-state index contributed by atoms with van der Waals surface area (Å²) in [5.74, 6) is 0.108. The summed E-state index contributed by atoms with van der Waals surface area (Å²) in [6.45, 7) is 2.31. The zero-order valence-electron chi connectivity index (χ0n) is 9.06. The van der Waals surface area contributed by atoms with E-state index >= 15 is 0 Å². The molecule has 0 fully saturated rings. The Bertz CT molecular complexity index is 406. The molecule has 0 spiro atoms. The quantitative estimate of drug-likeness (QED) is 0.807. The fraction of sp³-hybridized carbons (Fsp3) is 0.500. The lowest BCUT2D eigenvalue weighted by Crippen LogP contribution is -2.31. The number of pyridine rings is 1. The van der Waals surface area contributed by atoms with Crippen LogP contribution in [0, 0.1) is 0 Å². The second-order valence-electron chi connectivity index (χ2n) is 3.55. The van der Waals surface area contributed by atoms with E-state index in [1.807, 2.05) is 19.1 Å². The van der Waals surface area contributed by atoms with Crippen molar-refractivity contribution in [2.24, 2.45) is 0 Å². The Hall–Kier alpha value is -0.460. The molecule has 6 heteroatoms. The van der Waals surface area contributed by atoms with Crippen LogP contribution in [0.2, 0.25) is 0 Å². The average Bonchev–Trinajstić information content (AvgIpc) is 2.26. The topological polar surface area (TPSA) is 59.1 Å². The monoisotopic (exact) mass is 306 g/mol. The van der Waals surface area contributed by atoms with E-state index < -0.39 is 10.0 Å². The summed E-state index contributed by atoms with van der Waals surface area (Å²) in [5, 5.41) is 0.